The minimum atomic E-state index is -3.77. The van der Waals surface area contributed by atoms with Crippen molar-refractivity contribution in [2.45, 2.75) is 31.8 Å². The monoisotopic (exact) mass is 470 g/mol. The number of H-pyrrole nitrogens is 1. The van der Waals surface area contributed by atoms with E-state index in [0.29, 0.717) is 30.0 Å². The van der Waals surface area contributed by atoms with Crippen LogP contribution in [0.25, 0.3) is 10.9 Å². The summed E-state index contributed by atoms with van der Waals surface area (Å²) >= 11 is 0. The molecule has 1 aromatic heterocycles. The highest BCUT2D eigenvalue weighted by Crippen LogP contribution is 2.25. The molecule has 0 bridgehead atoms. The highest BCUT2D eigenvalue weighted by molar-refractivity contribution is 7.89. The van der Waals surface area contributed by atoms with Gasteiger partial charge < -0.3 is 14.5 Å². The maximum absolute atomic E-state index is 13.1. The van der Waals surface area contributed by atoms with E-state index in [-0.39, 0.29) is 29.3 Å². The second-order valence-electron chi connectivity index (χ2n) is 8.08. The number of carbonyl (C=O) groups excluding carboxylic acids is 2. The molecule has 1 aliphatic rings. The van der Waals surface area contributed by atoms with Crippen LogP contribution in [0, 0.1) is 13.8 Å². The zero-order chi connectivity index (χ0) is 23.8. The quantitative estimate of drug-likeness (QED) is 0.438. The third-order valence-corrected chi connectivity index (χ3v) is 7.72. The molecule has 0 aliphatic carbocycles. The molecule has 8 nitrogen and oxygen atoms in total. The van der Waals surface area contributed by atoms with Gasteiger partial charge in [0.1, 0.15) is 0 Å². The van der Waals surface area contributed by atoms with E-state index in [4.69, 9.17) is 9.47 Å². The van der Waals surface area contributed by atoms with Crippen molar-refractivity contribution < 1.29 is 27.5 Å². The van der Waals surface area contributed by atoms with Gasteiger partial charge in [0.25, 0.3) is 0 Å². The highest BCUT2D eigenvalue weighted by atomic mass is 32.2. The maximum atomic E-state index is 13.1. The molecule has 2 heterocycles. The third-order valence-electron chi connectivity index (χ3n) is 5.83. The van der Waals surface area contributed by atoms with Crippen molar-refractivity contribution in [2.24, 2.45) is 0 Å². The summed E-state index contributed by atoms with van der Waals surface area (Å²) in [6.45, 7) is 6.17. The van der Waals surface area contributed by atoms with Gasteiger partial charge in [0.15, 0.2) is 6.10 Å². The van der Waals surface area contributed by atoms with Crippen molar-refractivity contribution in [3.05, 3.63) is 64.8 Å². The fourth-order valence-corrected chi connectivity index (χ4v) is 5.43. The molecule has 1 aliphatic heterocycles. The van der Waals surface area contributed by atoms with Crippen LogP contribution in [0.3, 0.4) is 0 Å². The summed E-state index contributed by atoms with van der Waals surface area (Å²) in [4.78, 5) is 29.2. The number of rotatable bonds is 6. The first-order valence-electron chi connectivity index (χ1n) is 10.7. The Bertz CT molecular complexity index is 1320. The molecule has 0 amide bonds. The number of ether oxygens (including phenoxy) is 2. The summed E-state index contributed by atoms with van der Waals surface area (Å²) in [5.41, 5.74) is 2.67. The van der Waals surface area contributed by atoms with Gasteiger partial charge in [-0.05, 0) is 44.5 Å². The number of Topliss-reactive ketones (excluding diaryl/α,β-unsaturated/α-hetero) is 1. The minimum Gasteiger partial charge on any atom is -0.451 e. The van der Waals surface area contributed by atoms with Gasteiger partial charge in [-0.15, -0.1) is 0 Å². The lowest BCUT2D eigenvalue weighted by Crippen LogP contribution is -2.40. The van der Waals surface area contributed by atoms with Crippen molar-refractivity contribution in [1.29, 1.82) is 0 Å². The average Bonchev–Trinajstić information content (AvgIpc) is 3.14. The third kappa shape index (κ3) is 4.44. The number of hydrogen-bond donors (Lipinski definition) is 1. The molecule has 33 heavy (non-hydrogen) atoms. The molecule has 1 fully saturated rings. The number of nitrogens with one attached hydrogen (secondary N) is 1. The largest absolute Gasteiger partial charge is 0.451 e. The smallest absolute Gasteiger partial charge is 0.339 e. The van der Waals surface area contributed by atoms with E-state index in [9.17, 15) is 18.0 Å². The molecule has 3 aromatic rings. The fourth-order valence-electron chi connectivity index (χ4n) is 3.99. The first kappa shape index (κ1) is 23.2. The Balaban J connectivity index is 1.57. The molecule has 0 radical (unpaired) electrons. The zero-order valence-corrected chi connectivity index (χ0v) is 19.6. The van der Waals surface area contributed by atoms with Crippen LogP contribution >= 0.6 is 0 Å². The van der Waals surface area contributed by atoms with Crippen LogP contribution in [0.15, 0.2) is 47.4 Å². The average molecular weight is 471 g/mol. The van der Waals surface area contributed by atoms with Crippen LogP contribution in [-0.4, -0.2) is 61.9 Å². The van der Waals surface area contributed by atoms with Crippen molar-refractivity contribution in [2.75, 3.05) is 26.3 Å². The van der Waals surface area contributed by atoms with Crippen LogP contribution in [0.5, 0.6) is 0 Å². The lowest BCUT2D eigenvalue weighted by molar-refractivity contribution is 0.0318. The van der Waals surface area contributed by atoms with Gasteiger partial charge in [-0.3, -0.25) is 4.79 Å². The van der Waals surface area contributed by atoms with Gasteiger partial charge in [0, 0.05) is 35.2 Å². The van der Waals surface area contributed by atoms with E-state index in [0.717, 1.165) is 10.9 Å². The highest BCUT2D eigenvalue weighted by Gasteiger charge is 2.29. The maximum Gasteiger partial charge on any atom is 0.339 e. The first-order valence-corrected chi connectivity index (χ1v) is 12.1. The number of benzene rings is 2. The van der Waals surface area contributed by atoms with Crippen LogP contribution in [-0.2, 0) is 19.5 Å². The Morgan fingerprint density at radius 2 is 1.79 bits per heavy atom. The van der Waals surface area contributed by atoms with Crippen molar-refractivity contribution in [1.82, 2.24) is 9.29 Å². The molecule has 0 saturated carbocycles. The number of ketones is 1. The number of hydrogen-bond acceptors (Lipinski definition) is 6. The van der Waals surface area contributed by atoms with Crippen LogP contribution in [0.4, 0.5) is 0 Å². The molecule has 0 spiro atoms. The van der Waals surface area contributed by atoms with Gasteiger partial charge in [-0.2, -0.15) is 4.31 Å². The first-order chi connectivity index (χ1) is 15.7. The minimum absolute atomic E-state index is 0.00778. The zero-order valence-electron chi connectivity index (χ0n) is 18.8. The normalized spacial score (nSPS) is 16.0. The van der Waals surface area contributed by atoms with E-state index in [2.05, 4.69) is 4.98 Å². The van der Waals surface area contributed by atoms with Gasteiger partial charge in [-0.25, -0.2) is 13.2 Å². The van der Waals surface area contributed by atoms with Gasteiger partial charge in [0.2, 0.25) is 15.8 Å². The van der Waals surface area contributed by atoms with Gasteiger partial charge in [0.05, 0.1) is 23.7 Å². The Hall–Kier alpha value is -3.01. The Labute approximate surface area is 192 Å². The van der Waals surface area contributed by atoms with E-state index >= 15 is 0 Å². The SMILES string of the molecule is Cc1ccc(S(=O)(=O)N2CCOCC2)cc1C(=O)O[C@@H](C)C(=O)c1c(C)[nH]c2ccccc12. The molecule has 2 aromatic carbocycles. The second-order valence-corrected chi connectivity index (χ2v) is 10.0. The number of carbonyl (C=O) groups is 2. The summed E-state index contributed by atoms with van der Waals surface area (Å²) in [7, 11) is -3.77. The predicted octanol–water partition coefficient (Wildman–Crippen LogP) is 3.23. The fraction of sp³-hybridized carbons (Fsp3) is 0.333. The topological polar surface area (TPSA) is 106 Å². The van der Waals surface area contributed by atoms with E-state index in [1.54, 1.807) is 19.9 Å². The number of esters is 1. The Kier molecular flexibility index (Phi) is 6.38. The second kappa shape index (κ2) is 9.09. The number of aryl methyl sites for hydroxylation is 2. The van der Waals surface area contributed by atoms with Crippen LogP contribution in [0.1, 0.15) is 38.9 Å². The molecule has 9 heteroatoms. The van der Waals surface area contributed by atoms with Crippen LogP contribution in [0.2, 0.25) is 0 Å². The van der Waals surface area contributed by atoms with Gasteiger partial charge >= 0.3 is 5.97 Å². The number of nitrogens with zero attached hydrogens (tertiary/aromatic N) is 1. The van der Waals surface area contributed by atoms with Crippen molar-refractivity contribution in [3.63, 3.8) is 0 Å². The van der Waals surface area contributed by atoms with Gasteiger partial charge in [-0.1, -0.05) is 24.3 Å². The number of fused-ring (bicyclic) bond motifs is 1. The molecule has 1 atom stereocenters. The van der Waals surface area contributed by atoms with Crippen LogP contribution < -0.4 is 0 Å². The number of aromatic amines is 1. The predicted molar refractivity (Wildman–Crippen MR) is 123 cm³/mol. The van der Waals surface area contributed by atoms with E-state index in [1.807, 2.05) is 24.3 Å². The standard InChI is InChI=1S/C24H26N2O6S/c1-15-8-9-18(33(29,30)26-10-12-31-13-11-26)14-20(15)24(28)32-17(3)23(27)22-16(2)25-21-7-5-4-6-19(21)22/h4-9,14,17,25H,10-13H2,1-3H3/t17-/m0/s1. The molecule has 1 saturated heterocycles. The number of para-hydroxylation sites is 1. The molecule has 4 rings (SSSR count). The number of aromatic nitrogens is 1. The number of sulfonamides is 1. The summed E-state index contributed by atoms with van der Waals surface area (Å²) in [5, 5.41) is 0.762. The summed E-state index contributed by atoms with van der Waals surface area (Å²) in [5.74, 6) is -1.07. The lowest BCUT2D eigenvalue weighted by Gasteiger charge is -2.26. The molecule has 0 unspecified atom stereocenters. The van der Waals surface area contributed by atoms with E-state index < -0.39 is 22.1 Å². The summed E-state index contributed by atoms with van der Waals surface area (Å²) in [6.07, 6.45) is -1.05. The lowest BCUT2D eigenvalue weighted by atomic mass is 10.0. The molecule has 174 valence electrons. The summed E-state index contributed by atoms with van der Waals surface area (Å²) < 4.78 is 38.0. The van der Waals surface area contributed by atoms with Crippen molar-refractivity contribution >= 4 is 32.7 Å². The van der Waals surface area contributed by atoms with E-state index in [1.165, 1.54) is 23.4 Å². The molecular formula is C24H26N2O6S. The Morgan fingerprint density at radius 1 is 1.09 bits per heavy atom. The molecular weight excluding hydrogens is 444 g/mol. The molecule has 1 N–H and O–H groups in total. The van der Waals surface area contributed by atoms with Crippen molar-refractivity contribution in [3.8, 4) is 0 Å². The summed E-state index contributed by atoms with van der Waals surface area (Å²) in [6, 6.07) is 11.8. The number of morpholine rings is 1. The Morgan fingerprint density at radius 3 is 2.52 bits per heavy atom.